The summed E-state index contributed by atoms with van der Waals surface area (Å²) in [4.78, 5) is 12.3. The highest BCUT2D eigenvalue weighted by Crippen LogP contribution is 2.20. The summed E-state index contributed by atoms with van der Waals surface area (Å²) in [5.74, 6) is 1.08. The first-order valence-corrected chi connectivity index (χ1v) is 5.18. The number of rotatable bonds is 2. The van der Waals surface area contributed by atoms with E-state index in [0.717, 1.165) is 5.56 Å². The Morgan fingerprint density at radius 1 is 1.33 bits per heavy atom. The van der Waals surface area contributed by atoms with Crippen molar-refractivity contribution in [3.8, 4) is 23.2 Å². The van der Waals surface area contributed by atoms with Crippen molar-refractivity contribution in [1.82, 2.24) is 30.3 Å². The van der Waals surface area contributed by atoms with Gasteiger partial charge in [-0.3, -0.25) is 10.1 Å². The molecule has 0 radical (unpaired) electrons. The highest BCUT2D eigenvalue weighted by molar-refractivity contribution is 5.56. The summed E-state index contributed by atoms with van der Waals surface area (Å²) in [7, 11) is 0. The van der Waals surface area contributed by atoms with Crippen LogP contribution in [0.1, 0.15) is 5.56 Å². The summed E-state index contributed by atoms with van der Waals surface area (Å²) in [6.45, 7) is 1.92. The maximum Gasteiger partial charge on any atom is 0.295 e. The zero-order valence-electron chi connectivity index (χ0n) is 9.45. The van der Waals surface area contributed by atoms with Crippen molar-refractivity contribution in [2.75, 3.05) is 5.73 Å². The van der Waals surface area contributed by atoms with Gasteiger partial charge in [0.25, 0.3) is 5.89 Å². The minimum Gasteiger partial charge on any atom is -0.366 e. The number of pyridine rings is 1. The molecule has 3 heterocycles. The highest BCUT2D eigenvalue weighted by atomic mass is 16.5. The van der Waals surface area contributed by atoms with Gasteiger partial charge in [-0.2, -0.15) is 9.97 Å². The van der Waals surface area contributed by atoms with Gasteiger partial charge in [-0.05, 0) is 18.6 Å². The van der Waals surface area contributed by atoms with Crippen LogP contribution in [0.3, 0.4) is 0 Å². The molecular formula is C10H9N7O. The number of anilines is 1. The van der Waals surface area contributed by atoms with Crippen molar-refractivity contribution in [2.45, 2.75) is 6.92 Å². The maximum absolute atomic E-state index is 5.40. The van der Waals surface area contributed by atoms with E-state index in [9.17, 15) is 0 Å². The van der Waals surface area contributed by atoms with Gasteiger partial charge in [0.05, 0.1) is 0 Å². The number of nitrogens with zero attached hydrogens (tertiary/aromatic N) is 5. The van der Waals surface area contributed by atoms with Gasteiger partial charge in [0, 0.05) is 6.20 Å². The predicted octanol–water partition coefficient (Wildman–Crippen LogP) is 0.807. The largest absolute Gasteiger partial charge is 0.366 e. The first-order chi connectivity index (χ1) is 8.74. The van der Waals surface area contributed by atoms with Gasteiger partial charge in [0.1, 0.15) is 5.69 Å². The van der Waals surface area contributed by atoms with E-state index in [1.54, 1.807) is 6.20 Å². The lowest BCUT2D eigenvalue weighted by atomic mass is 10.2. The highest BCUT2D eigenvalue weighted by Gasteiger charge is 2.15. The molecular weight excluding hydrogens is 234 g/mol. The first-order valence-electron chi connectivity index (χ1n) is 5.18. The van der Waals surface area contributed by atoms with Crippen molar-refractivity contribution >= 4 is 5.95 Å². The lowest BCUT2D eigenvalue weighted by Gasteiger charge is -1.96. The molecule has 90 valence electrons. The van der Waals surface area contributed by atoms with Crippen molar-refractivity contribution in [2.24, 2.45) is 0 Å². The molecule has 0 aromatic carbocycles. The number of hydrogen-bond acceptors (Lipinski definition) is 7. The molecule has 0 atom stereocenters. The molecule has 0 aliphatic rings. The summed E-state index contributed by atoms with van der Waals surface area (Å²) < 4.78 is 5.08. The fraction of sp³-hybridized carbons (Fsp3) is 0.100. The fourth-order valence-corrected chi connectivity index (χ4v) is 1.51. The molecule has 18 heavy (non-hydrogen) atoms. The van der Waals surface area contributed by atoms with Gasteiger partial charge in [-0.25, -0.2) is 0 Å². The molecule has 3 aromatic heterocycles. The molecule has 3 N–H and O–H groups in total. The van der Waals surface area contributed by atoms with Crippen LogP contribution in [-0.2, 0) is 0 Å². The standard InChI is InChI=1S/C10H9N7O/c1-5-3-2-4-12-6(5)7-13-9(18-17-7)8-14-10(11)16-15-8/h2-4H,1H3,(H3,11,14,15,16). The van der Waals surface area contributed by atoms with Crippen LogP contribution in [0.2, 0.25) is 0 Å². The van der Waals surface area contributed by atoms with Gasteiger partial charge in [-0.15, -0.1) is 5.10 Å². The molecule has 0 saturated heterocycles. The molecule has 0 saturated carbocycles. The van der Waals surface area contributed by atoms with E-state index in [-0.39, 0.29) is 11.8 Å². The van der Waals surface area contributed by atoms with Gasteiger partial charge in [-0.1, -0.05) is 11.2 Å². The molecule has 0 aliphatic carbocycles. The van der Waals surface area contributed by atoms with Crippen molar-refractivity contribution in [3.05, 3.63) is 23.9 Å². The van der Waals surface area contributed by atoms with E-state index in [1.165, 1.54) is 0 Å². The Hall–Kier alpha value is -2.77. The number of aromatic nitrogens is 6. The molecule has 3 aromatic rings. The maximum atomic E-state index is 5.40. The average molecular weight is 243 g/mol. The monoisotopic (exact) mass is 243 g/mol. The van der Waals surface area contributed by atoms with Gasteiger partial charge in [0.15, 0.2) is 0 Å². The zero-order chi connectivity index (χ0) is 12.5. The van der Waals surface area contributed by atoms with Crippen LogP contribution in [0.5, 0.6) is 0 Å². The van der Waals surface area contributed by atoms with E-state index in [0.29, 0.717) is 17.3 Å². The molecule has 8 nitrogen and oxygen atoms in total. The topological polar surface area (TPSA) is 119 Å². The molecule has 8 heteroatoms. The Bertz CT molecular complexity index is 687. The number of nitrogens with one attached hydrogen (secondary N) is 1. The quantitative estimate of drug-likeness (QED) is 0.683. The number of nitrogens with two attached hydrogens (primary N) is 1. The van der Waals surface area contributed by atoms with Crippen LogP contribution in [-0.4, -0.2) is 30.3 Å². The third-order valence-electron chi connectivity index (χ3n) is 2.35. The summed E-state index contributed by atoms with van der Waals surface area (Å²) in [5.41, 5.74) is 7.03. The Balaban J connectivity index is 2.02. The number of nitrogen functional groups attached to an aromatic ring is 1. The van der Waals surface area contributed by atoms with Crippen molar-refractivity contribution in [1.29, 1.82) is 0 Å². The van der Waals surface area contributed by atoms with Crippen LogP contribution in [0.25, 0.3) is 23.2 Å². The number of aromatic amines is 1. The van der Waals surface area contributed by atoms with E-state index in [4.69, 9.17) is 10.3 Å². The van der Waals surface area contributed by atoms with E-state index >= 15 is 0 Å². The second kappa shape index (κ2) is 3.91. The van der Waals surface area contributed by atoms with Gasteiger partial charge < -0.3 is 10.3 Å². The zero-order valence-corrected chi connectivity index (χ0v) is 9.45. The fourth-order valence-electron chi connectivity index (χ4n) is 1.51. The molecule has 3 rings (SSSR count). The lowest BCUT2D eigenvalue weighted by Crippen LogP contribution is -1.89. The minimum atomic E-state index is 0.124. The second-order valence-electron chi connectivity index (χ2n) is 3.63. The van der Waals surface area contributed by atoms with Crippen LogP contribution < -0.4 is 5.73 Å². The van der Waals surface area contributed by atoms with Crippen LogP contribution in [0, 0.1) is 6.92 Å². The SMILES string of the molecule is Cc1cccnc1-c1noc(-c2nc(N)n[nH]2)n1. The molecule has 0 amide bonds. The predicted molar refractivity (Wildman–Crippen MR) is 62.1 cm³/mol. The summed E-state index contributed by atoms with van der Waals surface area (Å²) >= 11 is 0. The molecule has 0 unspecified atom stereocenters. The Labute approximate surface area is 101 Å². The van der Waals surface area contributed by atoms with Crippen LogP contribution in [0.15, 0.2) is 22.9 Å². The second-order valence-corrected chi connectivity index (χ2v) is 3.63. The molecule has 0 spiro atoms. The van der Waals surface area contributed by atoms with Crippen molar-refractivity contribution in [3.63, 3.8) is 0 Å². The third kappa shape index (κ3) is 1.69. The summed E-state index contributed by atoms with van der Waals surface area (Å²) in [6.07, 6.45) is 1.67. The van der Waals surface area contributed by atoms with Gasteiger partial charge >= 0.3 is 0 Å². The minimum absolute atomic E-state index is 0.124. The van der Waals surface area contributed by atoms with E-state index in [2.05, 4.69) is 30.3 Å². The normalized spacial score (nSPS) is 10.7. The third-order valence-corrected chi connectivity index (χ3v) is 2.35. The number of H-pyrrole nitrogens is 1. The molecule has 0 fully saturated rings. The average Bonchev–Trinajstić information content (AvgIpc) is 2.98. The molecule has 0 bridgehead atoms. The Kier molecular flexibility index (Phi) is 2.26. The number of aryl methyl sites for hydroxylation is 1. The Morgan fingerprint density at radius 2 is 2.22 bits per heavy atom. The van der Waals surface area contributed by atoms with Crippen LogP contribution in [0.4, 0.5) is 5.95 Å². The first kappa shape index (κ1) is 10.4. The van der Waals surface area contributed by atoms with Gasteiger partial charge in [0.2, 0.25) is 17.6 Å². The Morgan fingerprint density at radius 3 is 2.94 bits per heavy atom. The summed E-state index contributed by atoms with van der Waals surface area (Å²) in [5, 5.41) is 10.1. The van der Waals surface area contributed by atoms with E-state index < -0.39 is 0 Å². The molecule has 0 aliphatic heterocycles. The van der Waals surface area contributed by atoms with Crippen molar-refractivity contribution < 1.29 is 4.52 Å². The van der Waals surface area contributed by atoms with E-state index in [1.807, 2.05) is 19.1 Å². The lowest BCUT2D eigenvalue weighted by molar-refractivity contribution is 0.429. The number of hydrogen-bond donors (Lipinski definition) is 2. The van der Waals surface area contributed by atoms with Crippen LogP contribution >= 0.6 is 0 Å². The smallest absolute Gasteiger partial charge is 0.295 e. The summed E-state index contributed by atoms with van der Waals surface area (Å²) in [6, 6.07) is 3.77.